The summed E-state index contributed by atoms with van der Waals surface area (Å²) in [5.74, 6) is 0.954. The topological polar surface area (TPSA) is 55.4 Å². The number of amides is 1. The third-order valence-corrected chi connectivity index (χ3v) is 4.46. The molecule has 0 saturated carbocycles. The van der Waals surface area contributed by atoms with Gasteiger partial charge in [-0.05, 0) is 12.3 Å². The van der Waals surface area contributed by atoms with Gasteiger partial charge in [0.05, 0.1) is 7.11 Å². The molecule has 0 aliphatic rings. The summed E-state index contributed by atoms with van der Waals surface area (Å²) in [5.41, 5.74) is 0. The summed E-state index contributed by atoms with van der Waals surface area (Å²) in [6.07, 6.45) is 1.21. The molecule has 0 radical (unpaired) electrons. The fraction of sp³-hybridized carbons (Fsp3) is 0.545. The number of hydrogen-bond donors (Lipinski definition) is 1. The zero-order valence-corrected chi connectivity index (χ0v) is 11.8. The number of ether oxygens (including phenoxy) is 1. The molecule has 1 aromatic heterocycles. The van der Waals surface area contributed by atoms with Crippen molar-refractivity contribution in [3.8, 4) is 5.75 Å². The molecule has 6 heteroatoms. The lowest BCUT2D eigenvalue weighted by Crippen LogP contribution is -2.25. The second-order valence-corrected chi connectivity index (χ2v) is 6.38. The Morgan fingerprint density at radius 2 is 2.29 bits per heavy atom. The van der Waals surface area contributed by atoms with E-state index >= 15 is 0 Å². The van der Waals surface area contributed by atoms with Crippen LogP contribution in [0.3, 0.4) is 0 Å². The van der Waals surface area contributed by atoms with Gasteiger partial charge in [0.2, 0.25) is 5.91 Å². The first-order chi connectivity index (χ1) is 8.02. The molecule has 0 aromatic carbocycles. The molecule has 0 saturated heterocycles. The lowest BCUT2D eigenvalue weighted by atomic mass is 10.1. The Labute approximate surface area is 108 Å². The van der Waals surface area contributed by atoms with Gasteiger partial charge in [-0.25, -0.2) is 4.21 Å². The van der Waals surface area contributed by atoms with Crippen molar-refractivity contribution in [2.75, 3.05) is 7.11 Å². The van der Waals surface area contributed by atoms with Crippen molar-refractivity contribution in [1.29, 1.82) is 0 Å². The third-order valence-electron chi connectivity index (χ3n) is 2.13. The quantitative estimate of drug-likeness (QED) is 0.867. The molecule has 1 heterocycles. The summed E-state index contributed by atoms with van der Waals surface area (Å²) in [6.45, 7) is 4.10. The van der Waals surface area contributed by atoms with Crippen LogP contribution in [0.15, 0.2) is 15.7 Å². The van der Waals surface area contributed by atoms with Crippen LogP contribution in [0.25, 0.3) is 0 Å². The van der Waals surface area contributed by atoms with Crippen LogP contribution in [0.5, 0.6) is 5.75 Å². The highest BCUT2D eigenvalue weighted by molar-refractivity contribution is 7.86. The van der Waals surface area contributed by atoms with Gasteiger partial charge in [-0.1, -0.05) is 13.8 Å². The van der Waals surface area contributed by atoms with E-state index in [0.717, 1.165) is 6.42 Å². The number of carbonyl (C=O) groups is 1. The number of nitrogens with one attached hydrogen (secondary N) is 1. The summed E-state index contributed by atoms with van der Waals surface area (Å²) in [4.78, 5) is 11.5. The van der Waals surface area contributed by atoms with Crippen LogP contribution in [0.4, 0.5) is 0 Å². The Morgan fingerprint density at radius 1 is 1.59 bits per heavy atom. The van der Waals surface area contributed by atoms with Crippen molar-refractivity contribution in [1.82, 2.24) is 4.72 Å². The van der Waals surface area contributed by atoms with Crippen LogP contribution in [-0.4, -0.2) is 17.2 Å². The zero-order valence-electron chi connectivity index (χ0n) is 10.2. The SMILES string of the molecule is COc1csc(S(=O)NC(=O)CCC(C)C)c1. The predicted octanol–water partition coefficient (Wildman–Crippen LogP) is 2.33. The number of rotatable bonds is 6. The van der Waals surface area contributed by atoms with Crippen molar-refractivity contribution in [3.05, 3.63) is 11.4 Å². The van der Waals surface area contributed by atoms with E-state index in [1.165, 1.54) is 11.3 Å². The second kappa shape index (κ2) is 6.76. The minimum atomic E-state index is -1.47. The largest absolute Gasteiger partial charge is 0.496 e. The normalized spacial score (nSPS) is 12.5. The molecule has 1 unspecified atom stereocenters. The summed E-state index contributed by atoms with van der Waals surface area (Å²) in [5, 5.41) is 1.76. The lowest BCUT2D eigenvalue weighted by molar-refractivity contribution is -0.119. The lowest BCUT2D eigenvalue weighted by Gasteiger charge is -2.04. The molecule has 1 amide bonds. The Bertz CT molecular complexity index is 401. The average molecular weight is 275 g/mol. The standard InChI is InChI=1S/C11H17NO3S2/c1-8(2)4-5-10(13)12-17(14)11-6-9(15-3)7-16-11/h6-8H,4-5H2,1-3H3,(H,12,13). The van der Waals surface area contributed by atoms with Crippen molar-refractivity contribution in [2.24, 2.45) is 5.92 Å². The maximum Gasteiger partial charge on any atom is 0.231 e. The molecule has 17 heavy (non-hydrogen) atoms. The Kier molecular flexibility index (Phi) is 5.64. The first-order valence-electron chi connectivity index (χ1n) is 5.36. The van der Waals surface area contributed by atoms with Crippen LogP contribution in [0.2, 0.25) is 0 Å². The first-order valence-corrected chi connectivity index (χ1v) is 7.39. The first kappa shape index (κ1) is 14.2. The van der Waals surface area contributed by atoms with E-state index in [2.05, 4.69) is 4.72 Å². The van der Waals surface area contributed by atoms with E-state index in [1.807, 2.05) is 13.8 Å². The van der Waals surface area contributed by atoms with Crippen molar-refractivity contribution in [2.45, 2.75) is 30.9 Å². The van der Waals surface area contributed by atoms with Crippen LogP contribution in [0, 0.1) is 5.92 Å². The molecule has 4 nitrogen and oxygen atoms in total. The number of carbonyl (C=O) groups excluding carboxylic acids is 1. The molecule has 0 bridgehead atoms. The van der Waals surface area contributed by atoms with Gasteiger partial charge in [0.15, 0.2) is 11.0 Å². The summed E-state index contributed by atoms with van der Waals surface area (Å²) < 4.78 is 19.8. The van der Waals surface area contributed by atoms with Gasteiger partial charge in [0.25, 0.3) is 0 Å². The van der Waals surface area contributed by atoms with Crippen molar-refractivity contribution in [3.63, 3.8) is 0 Å². The van der Waals surface area contributed by atoms with E-state index in [1.54, 1.807) is 18.6 Å². The van der Waals surface area contributed by atoms with Crippen LogP contribution in [0.1, 0.15) is 26.7 Å². The molecule has 1 atom stereocenters. The van der Waals surface area contributed by atoms with Gasteiger partial charge >= 0.3 is 0 Å². The predicted molar refractivity (Wildman–Crippen MR) is 69.5 cm³/mol. The molecule has 1 N–H and O–H groups in total. The molecule has 0 aliphatic heterocycles. The molecule has 1 aromatic rings. The maximum atomic E-state index is 11.8. The highest BCUT2D eigenvalue weighted by Crippen LogP contribution is 2.23. The average Bonchev–Trinajstić information content (AvgIpc) is 2.74. The van der Waals surface area contributed by atoms with Crippen molar-refractivity contribution < 1.29 is 13.7 Å². The van der Waals surface area contributed by atoms with Crippen molar-refractivity contribution >= 4 is 28.2 Å². The summed E-state index contributed by atoms with van der Waals surface area (Å²) in [6, 6.07) is 1.67. The summed E-state index contributed by atoms with van der Waals surface area (Å²) in [7, 11) is 0.0816. The van der Waals surface area contributed by atoms with Gasteiger partial charge in [0.1, 0.15) is 9.96 Å². The zero-order chi connectivity index (χ0) is 12.8. The molecular formula is C11H17NO3S2. The van der Waals surface area contributed by atoms with E-state index in [0.29, 0.717) is 22.3 Å². The molecule has 0 spiro atoms. The minimum absolute atomic E-state index is 0.176. The van der Waals surface area contributed by atoms with E-state index < -0.39 is 11.0 Å². The van der Waals surface area contributed by atoms with Crippen LogP contribution >= 0.6 is 11.3 Å². The molecule has 1 rings (SSSR count). The fourth-order valence-corrected chi connectivity index (χ4v) is 2.96. The minimum Gasteiger partial charge on any atom is -0.496 e. The Hall–Kier alpha value is -0.880. The molecular weight excluding hydrogens is 258 g/mol. The van der Waals surface area contributed by atoms with E-state index in [9.17, 15) is 9.00 Å². The number of methoxy groups -OCH3 is 1. The maximum absolute atomic E-state index is 11.8. The Balaban J connectivity index is 2.46. The van der Waals surface area contributed by atoms with Gasteiger partial charge < -0.3 is 4.74 Å². The molecule has 0 fully saturated rings. The highest BCUT2D eigenvalue weighted by Gasteiger charge is 2.11. The third kappa shape index (κ3) is 4.87. The fourth-order valence-electron chi connectivity index (χ4n) is 1.13. The number of thiophene rings is 1. The smallest absolute Gasteiger partial charge is 0.231 e. The van der Waals surface area contributed by atoms with Gasteiger partial charge in [-0.2, -0.15) is 0 Å². The monoisotopic (exact) mass is 275 g/mol. The summed E-state index contributed by atoms with van der Waals surface area (Å²) >= 11 is 1.31. The van der Waals surface area contributed by atoms with Gasteiger partial charge in [-0.15, -0.1) is 11.3 Å². The second-order valence-electron chi connectivity index (χ2n) is 4.03. The van der Waals surface area contributed by atoms with Crippen LogP contribution in [-0.2, 0) is 15.8 Å². The van der Waals surface area contributed by atoms with E-state index in [4.69, 9.17) is 4.74 Å². The van der Waals surface area contributed by atoms with E-state index in [-0.39, 0.29) is 5.91 Å². The molecule has 0 aliphatic carbocycles. The molecule has 96 valence electrons. The van der Waals surface area contributed by atoms with Crippen LogP contribution < -0.4 is 9.46 Å². The van der Waals surface area contributed by atoms with Gasteiger partial charge in [-0.3, -0.25) is 9.52 Å². The highest BCUT2D eigenvalue weighted by atomic mass is 32.2. The number of hydrogen-bond acceptors (Lipinski definition) is 4. The van der Waals surface area contributed by atoms with Gasteiger partial charge in [0, 0.05) is 17.9 Å². The Morgan fingerprint density at radius 3 is 2.82 bits per heavy atom.